The van der Waals surface area contributed by atoms with E-state index in [4.69, 9.17) is 10.5 Å². The largest absolute Gasteiger partial charge is 0.464 e. The number of aromatic nitrogens is 6. The van der Waals surface area contributed by atoms with Crippen molar-refractivity contribution in [3.8, 4) is 22.5 Å². The number of carbonyl (C=O) groups excluding carboxylic acids is 2. The van der Waals surface area contributed by atoms with Gasteiger partial charge in [-0.2, -0.15) is 27.2 Å². The summed E-state index contributed by atoms with van der Waals surface area (Å²) < 4.78 is 78.1. The number of H-pyrrole nitrogens is 1. The molecule has 53 heavy (non-hydrogen) atoms. The highest BCUT2D eigenvalue weighted by Gasteiger charge is 2.62. The molecule has 0 aliphatic carbocycles. The van der Waals surface area contributed by atoms with Crippen molar-refractivity contribution >= 4 is 11.9 Å². The first-order chi connectivity index (χ1) is 25.3. The maximum Gasteiger partial charge on any atom is 0.459 e. The summed E-state index contributed by atoms with van der Waals surface area (Å²) in [5.41, 5.74) is 5.25. The molecule has 0 saturated carbocycles. The number of unbranched alkanes of at least 4 members (excludes halogenated alkanes) is 2. The number of aryl methyl sites for hydroxylation is 1. The molecule has 15 nitrogen and oxygen atoms in total. The Bertz CT molecular complexity index is 1820. The predicted octanol–water partition coefficient (Wildman–Crippen LogP) is 5.14. The number of hydrogen-bond acceptors (Lipinski definition) is 11. The Morgan fingerprint density at radius 3 is 2.34 bits per heavy atom. The SMILES string of the molecule is CCCc1nc(C(F)(F)C(F)(F)F)c(C(=O)NC(CCCCN)C(=O)OCCCCO[N+](=O)[O-])n1Cc1ccc(-c2ccccc2-c2nn[nH]n2)cc1. The zero-order valence-corrected chi connectivity index (χ0v) is 28.6. The molecule has 4 N–H and O–H groups in total. The van der Waals surface area contributed by atoms with E-state index in [9.17, 15) is 32.9 Å². The number of benzene rings is 2. The third-order valence-corrected chi connectivity index (χ3v) is 8.02. The Hall–Kier alpha value is -5.53. The second-order valence-corrected chi connectivity index (χ2v) is 11.9. The van der Waals surface area contributed by atoms with E-state index in [1.807, 2.05) is 6.07 Å². The van der Waals surface area contributed by atoms with Crippen molar-refractivity contribution in [3.63, 3.8) is 0 Å². The van der Waals surface area contributed by atoms with E-state index in [1.54, 1.807) is 49.4 Å². The van der Waals surface area contributed by atoms with E-state index >= 15 is 8.78 Å². The summed E-state index contributed by atoms with van der Waals surface area (Å²) >= 11 is 0. The molecule has 4 rings (SSSR count). The molecule has 1 unspecified atom stereocenters. The van der Waals surface area contributed by atoms with Gasteiger partial charge in [-0.15, -0.1) is 20.3 Å². The zero-order chi connectivity index (χ0) is 38.6. The monoisotopic (exact) mass is 751 g/mol. The van der Waals surface area contributed by atoms with Gasteiger partial charge >= 0.3 is 18.1 Å². The lowest BCUT2D eigenvalue weighted by molar-refractivity contribution is -0.757. The van der Waals surface area contributed by atoms with Gasteiger partial charge in [0.1, 0.15) is 17.6 Å². The molecule has 0 saturated heterocycles. The molecule has 286 valence electrons. The lowest BCUT2D eigenvalue weighted by Crippen LogP contribution is -2.44. The van der Waals surface area contributed by atoms with Gasteiger partial charge in [-0.05, 0) is 67.0 Å². The van der Waals surface area contributed by atoms with Gasteiger partial charge in [-0.1, -0.05) is 55.5 Å². The van der Waals surface area contributed by atoms with Crippen molar-refractivity contribution in [2.24, 2.45) is 5.73 Å². The summed E-state index contributed by atoms with van der Waals surface area (Å²) in [5, 5.41) is 25.7. The topological polar surface area (TPSA) is 206 Å². The van der Waals surface area contributed by atoms with Crippen LogP contribution in [-0.4, -0.2) is 79.1 Å². The van der Waals surface area contributed by atoms with E-state index in [0.717, 1.165) is 10.1 Å². The van der Waals surface area contributed by atoms with E-state index in [2.05, 4.69) is 35.8 Å². The van der Waals surface area contributed by atoms with Crippen molar-refractivity contribution in [2.45, 2.75) is 76.6 Å². The first-order valence-corrected chi connectivity index (χ1v) is 16.7. The summed E-state index contributed by atoms with van der Waals surface area (Å²) in [4.78, 5) is 45.1. The number of carbonyl (C=O) groups is 2. The molecule has 0 radical (unpaired) electrons. The third-order valence-electron chi connectivity index (χ3n) is 8.02. The van der Waals surface area contributed by atoms with E-state index in [-0.39, 0.29) is 64.2 Å². The molecule has 0 aliphatic heterocycles. The number of nitrogens with one attached hydrogen (secondary N) is 2. The first kappa shape index (κ1) is 40.2. The fourth-order valence-electron chi connectivity index (χ4n) is 5.43. The van der Waals surface area contributed by atoms with Crippen molar-refractivity contribution in [3.05, 3.63) is 81.4 Å². The van der Waals surface area contributed by atoms with Crippen molar-refractivity contribution in [1.82, 2.24) is 35.5 Å². The first-order valence-electron chi connectivity index (χ1n) is 16.7. The highest BCUT2D eigenvalue weighted by molar-refractivity contribution is 5.97. The Kier molecular flexibility index (Phi) is 13.9. The minimum absolute atomic E-state index is 0.0491. The number of tetrazole rings is 1. The standard InChI is InChI=1S/C33H38F5N9O6/c1-2-9-26-41-28(32(34,35)33(36,37)38)27(30(48)40-25(12-5-6-17-39)31(49)52-18-7-8-19-53-47(50)51)46(26)20-21-13-15-22(16-14-21)23-10-3-4-11-24(23)29-42-44-45-43-29/h3-4,10-11,13-16,25H,2,5-9,12,17-20,39H2,1H3,(H,40,48)(H,42,43,44,45). The third kappa shape index (κ3) is 10.3. The molecular weight excluding hydrogens is 713 g/mol. The lowest BCUT2D eigenvalue weighted by atomic mass is 9.98. The summed E-state index contributed by atoms with van der Waals surface area (Å²) in [5.74, 6) is -7.75. The highest BCUT2D eigenvalue weighted by Crippen LogP contribution is 2.45. The van der Waals surface area contributed by atoms with Gasteiger partial charge < -0.3 is 25.2 Å². The molecule has 20 heteroatoms. The van der Waals surface area contributed by atoms with Gasteiger partial charge in [0.25, 0.3) is 11.0 Å². The number of nitrogens with two attached hydrogens (primary N) is 1. The van der Waals surface area contributed by atoms with Gasteiger partial charge in [0.05, 0.1) is 13.2 Å². The fraction of sp³-hybridized carbons (Fsp3) is 0.455. The molecule has 2 aromatic carbocycles. The number of amides is 1. The normalized spacial score (nSPS) is 12.4. The second-order valence-electron chi connectivity index (χ2n) is 11.9. The quantitative estimate of drug-likeness (QED) is 0.0354. The number of aromatic amines is 1. The van der Waals surface area contributed by atoms with Crippen LogP contribution in [0.3, 0.4) is 0 Å². The minimum atomic E-state index is -6.10. The fourth-order valence-corrected chi connectivity index (χ4v) is 5.43. The molecule has 0 spiro atoms. The van der Waals surface area contributed by atoms with Crippen LogP contribution in [0.5, 0.6) is 0 Å². The molecule has 2 aromatic heterocycles. The van der Waals surface area contributed by atoms with Crippen LogP contribution < -0.4 is 11.1 Å². The summed E-state index contributed by atoms with van der Waals surface area (Å²) in [7, 11) is 0. The van der Waals surface area contributed by atoms with Gasteiger partial charge in [0.2, 0.25) is 5.82 Å². The van der Waals surface area contributed by atoms with Gasteiger partial charge in [0, 0.05) is 18.5 Å². The number of halogens is 5. The number of imidazole rings is 1. The average molecular weight is 752 g/mol. The number of ether oxygens (including phenoxy) is 1. The molecule has 1 atom stereocenters. The summed E-state index contributed by atoms with van der Waals surface area (Å²) in [6.45, 7) is 1.10. The van der Waals surface area contributed by atoms with Crippen molar-refractivity contribution in [2.75, 3.05) is 19.8 Å². The molecule has 4 aromatic rings. The Balaban J connectivity index is 1.68. The van der Waals surface area contributed by atoms with Gasteiger partial charge in [0.15, 0.2) is 5.69 Å². The Labute approximate surface area is 299 Å². The van der Waals surface area contributed by atoms with Gasteiger partial charge in [-0.25, -0.2) is 9.78 Å². The van der Waals surface area contributed by atoms with Crippen LogP contribution in [0.4, 0.5) is 22.0 Å². The van der Waals surface area contributed by atoms with Crippen LogP contribution in [0.2, 0.25) is 0 Å². The van der Waals surface area contributed by atoms with Crippen molar-refractivity contribution in [1.29, 1.82) is 0 Å². The van der Waals surface area contributed by atoms with Crippen LogP contribution in [-0.2, 0) is 33.3 Å². The van der Waals surface area contributed by atoms with Crippen LogP contribution in [0, 0.1) is 10.1 Å². The average Bonchev–Trinajstić information content (AvgIpc) is 3.78. The van der Waals surface area contributed by atoms with E-state index < -0.39 is 46.5 Å². The number of rotatable bonds is 20. The van der Waals surface area contributed by atoms with Gasteiger partial charge in [-0.3, -0.25) is 4.79 Å². The molecule has 0 aliphatic rings. The maximum absolute atomic E-state index is 15.2. The maximum atomic E-state index is 15.2. The van der Waals surface area contributed by atoms with E-state index in [0.29, 0.717) is 35.4 Å². The number of nitrogens with zero attached hydrogens (tertiary/aromatic N) is 6. The van der Waals surface area contributed by atoms with Crippen LogP contribution >= 0.6 is 0 Å². The molecule has 0 fully saturated rings. The summed E-state index contributed by atoms with van der Waals surface area (Å²) in [6, 6.07) is 12.4. The smallest absolute Gasteiger partial charge is 0.459 e. The molecular formula is C33H38F5N9O6. The Morgan fingerprint density at radius 1 is 1.02 bits per heavy atom. The minimum Gasteiger partial charge on any atom is -0.464 e. The Morgan fingerprint density at radius 2 is 1.72 bits per heavy atom. The molecule has 1 amide bonds. The molecule has 0 bridgehead atoms. The highest BCUT2D eigenvalue weighted by atomic mass is 19.4. The van der Waals surface area contributed by atoms with Crippen molar-refractivity contribution < 1.29 is 46.2 Å². The van der Waals surface area contributed by atoms with Crippen LogP contribution in [0.1, 0.15) is 73.0 Å². The number of hydrogen-bond donors (Lipinski definition) is 3. The van der Waals surface area contributed by atoms with Crippen LogP contribution in [0.25, 0.3) is 22.5 Å². The number of esters is 1. The zero-order valence-electron chi connectivity index (χ0n) is 28.6. The lowest BCUT2D eigenvalue weighted by Gasteiger charge is -2.22. The second kappa shape index (κ2) is 18.3. The number of alkyl halides is 5. The van der Waals surface area contributed by atoms with E-state index in [1.165, 1.54) is 0 Å². The van der Waals surface area contributed by atoms with Crippen LogP contribution in [0.15, 0.2) is 48.5 Å². The summed E-state index contributed by atoms with van der Waals surface area (Å²) in [6.07, 6.45) is -4.94. The predicted molar refractivity (Wildman–Crippen MR) is 178 cm³/mol. The molecule has 2 heterocycles.